The van der Waals surface area contributed by atoms with Crippen LogP contribution in [0.25, 0.3) is 0 Å². The van der Waals surface area contributed by atoms with Crippen LogP contribution in [0.2, 0.25) is 0 Å². The highest BCUT2D eigenvalue weighted by atomic mass is 19.4. The number of anilines is 1. The Hall–Kier alpha value is -3.96. The Labute approximate surface area is 209 Å². The predicted octanol–water partition coefficient (Wildman–Crippen LogP) is 3.46. The monoisotopic (exact) mass is 520 g/mol. The van der Waals surface area contributed by atoms with Crippen LogP contribution in [0.4, 0.5) is 28.0 Å². The fraction of sp³-hybridized carbons (Fsp3) is 0.360. The van der Waals surface area contributed by atoms with Crippen molar-refractivity contribution < 1.29 is 36.7 Å². The molecule has 1 aliphatic carbocycles. The third-order valence-corrected chi connectivity index (χ3v) is 6.75. The van der Waals surface area contributed by atoms with Gasteiger partial charge in [0.05, 0.1) is 0 Å². The van der Waals surface area contributed by atoms with Crippen LogP contribution < -0.4 is 10.6 Å². The SMILES string of the molecule is CC(=O)Nc1ccc2c(c1)CCC21C(=O)NC(=O)N1CC(=O)N(Cc1ccc(F)cc1)[C@@H](C)C(F)(F)F. The van der Waals surface area contributed by atoms with Gasteiger partial charge >= 0.3 is 12.2 Å². The molecule has 2 N–H and O–H groups in total. The number of benzene rings is 2. The van der Waals surface area contributed by atoms with E-state index in [1.54, 1.807) is 18.2 Å². The molecule has 0 saturated carbocycles. The van der Waals surface area contributed by atoms with E-state index in [9.17, 15) is 36.7 Å². The van der Waals surface area contributed by atoms with Crippen molar-refractivity contribution in [3.05, 3.63) is 65.0 Å². The summed E-state index contributed by atoms with van der Waals surface area (Å²) in [5, 5.41) is 4.82. The van der Waals surface area contributed by atoms with E-state index in [4.69, 9.17) is 0 Å². The maximum atomic E-state index is 13.7. The lowest BCUT2D eigenvalue weighted by atomic mass is 9.90. The number of nitrogens with one attached hydrogen (secondary N) is 2. The minimum absolute atomic E-state index is 0.115. The molecule has 4 rings (SSSR count). The second-order valence-corrected chi connectivity index (χ2v) is 9.12. The van der Waals surface area contributed by atoms with E-state index in [0.29, 0.717) is 28.1 Å². The smallest absolute Gasteiger partial charge is 0.326 e. The largest absolute Gasteiger partial charge is 0.408 e. The third kappa shape index (κ3) is 4.87. The maximum Gasteiger partial charge on any atom is 0.408 e. The predicted molar refractivity (Wildman–Crippen MR) is 123 cm³/mol. The molecule has 2 aromatic rings. The van der Waals surface area contributed by atoms with Gasteiger partial charge in [0, 0.05) is 19.2 Å². The number of hydrogen-bond acceptors (Lipinski definition) is 4. The zero-order valence-corrected chi connectivity index (χ0v) is 20.0. The number of imide groups is 1. The average molecular weight is 520 g/mol. The number of amides is 5. The standard InChI is InChI=1S/C25H24F4N4O4/c1-14(25(27,28)29)32(12-16-3-5-18(26)6-4-16)21(35)13-33-23(37)31-22(36)24(33)10-9-17-11-19(30-15(2)34)7-8-20(17)24/h3-8,11,14H,9-10,12-13H2,1-2H3,(H,30,34)(H,31,36,37)/t14-,24?/m0/s1. The molecule has 0 bridgehead atoms. The molecular weight excluding hydrogens is 496 g/mol. The molecule has 37 heavy (non-hydrogen) atoms. The third-order valence-electron chi connectivity index (χ3n) is 6.75. The number of rotatable bonds is 6. The second-order valence-electron chi connectivity index (χ2n) is 9.12. The molecule has 12 heteroatoms. The van der Waals surface area contributed by atoms with Crippen molar-refractivity contribution in [2.24, 2.45) is 0 Å². The Kier molecular flexibility index (Phi) is 6.70. The van der Waals surface area contributed by atoms with E-state index in [0.717, 1.165) is 24.0 Å². The second kappa shape index (κ2) is 9.49. The van der Waals surface area contributed by atoms with Gasteiger partial charge in [-0.2, -0.15) is 13.2 Å². The van der Waals surface area contributed by atoms with Gasteiger partial charge < -0.3 is 10.2 Å². The van der Waals surface area contributed by atoms with E-state index in [1.807, 2.05) is 0 Å². The Bertz CT molecular complexity index is 1260. The molecule has 1 saturated heterocycles. The summed E-state index contributed by atoms with van der Waals surface area (Å²) in [6.07, 6.45) is -4.31. The molecule has 5 amide bonds. The number of aryl methyl sites for hydroxylation is 1. The van der Waals surface area contributed by atoms with Crippen LogP contribution in [0.15, 0.2) is 42.5 Å². The summed E-state index contributed by atoms with van der Waals surface area (Å²) in [6, 6.07) is 6.36. The van der Waals surface area contributed by atoms with Gasteiger partial charge in [0.2, 0.25) is 11.8 Å². The van der Waals surface area contributed by atoms with Crippen molar-refractivity contribution in [2.45, 2.75) is 51.0 Å². The van der Waals surface area contributed by atoms with Crippen LogP contribution >= 0.6 is 0 Å². The van der Waals surface area contributed by atoms with Crippen molar-refractivity contribution in [1.29, 1.82) is 0 Å². The summed E-state index contributed by atoms with van der Waals surface area (Å²) < 4.78 is 54.3. The Morgan fingerprint density at radius 3 is 2.46 bits per heavy atom. The lowest BCUT2D eigenvalue weighted by Crippen LogP contribution is -2.53. The lowest BCUT2D eigenvalue weighted by Gasteiger charge is -2.36. The average Bonchev–Trinajstić information content (AvgIpc) is 3.30. The summed E-state index contributed by atoms with van der Waals surface area (Å²) in [6.45, 7) is 0.893. The number of alkyl halides is 3. The summed E-state index contributed by atoms with van der Waals surface area (Å²) in [7, 11) is 0. The van der Waals surface area contributed by atoms with Crippen LogP contribution in [0.3, 0.4) is 0 Å². The topological polar surface area (TPSA) is 98.8 Å². The molecule has 1 aliphatic heterocycles. The number of nitrogens with zero attached hydrogens (tertiary/aromatic N) is 2. The fourth-order valence-electron chi connectivity index (χ4n) is 4.85. The number of hydrogen-bond donors (Lipinski definition) is 2. The zero-order chi connectivity index (χ0) is 27.1. The van der Waals surface area contributed by atoms with E-state index < -0.39 is 54.5 Å². The molecule has 1 heterocycles. The number of urea groups is 1. The van der Waals surface area contributed by atoms with Crippen molar-refractivity contribution in [2.75, 3.05) is 11.9 Å². The number of fused-ring (bicyclic) bond motifs is 2. The van der Waals surface area contributed by atoms with Crippen molar-refractivity contribution >= 4 is 29.4 Å². The summed E-state index contributed by atoms with van der Waals surface area (Å²) >= 11 is 0. The van der Waals surface area contributed by atoms with Gasteiger partial charge in [-0.3, -0.25) is 24.6 Å². The first-order chi connectivity index (χ1) is 17.3. The fourth-order valence-corrected chi connectivity index (χ4v) is 4.85. The Morgan fingerprint density at radius 2 is 1.84 bits per heavy atom. The first kappa shape index (κ1) is 26.1. The molecule has 0 aromatic heterocycles. The first-order valence-electron chi connectivity index (χ1n) is 11.5. The van der Waals surface area contributed by atoms with Crippen LogP contribution in [0.5, 0.6) is 0 Å². The normalized spacial score (nSPS) is 19.6. The highest BCUT2D eigenvalue weighted by molar-refractivity contribution is 6.09. The van der Waals surface area contributed by atoms with E-state index >= 15 is 0 Å². The van der Waals surface area contributed by atoms with E-state index in [2.05, 4.69) is 10.6 Å². The van der Waals surface area contributed by atoms with Gasteiger partial charge in [-0.1, -0.05) is 18.2 Å². The van der Waals surface area contributed by atoms with Crippen LogP contribution in [0.1, 0.15) is 37.0 Å². The molecule has 1 unspecified atom stereocenters. The molecular formula is C25H24F4N4O4. The molecule has 8 nitrogen and oxygen atoms in total. The number of halogens is 4. The first-order valence-corrected chi connectivity index (χ1v) is 11.5. The summed E-state index contributed by atoms with van der Waals surface area (Å²) in [4.78, 5) is 52.1. The quantitative estimate of drug-likeness (QED) is 0.450. The van der Waals surface area contributed by atoms with Crippen molar-refractivity contribution in [3.8, 4) is 0 Å². The van der Waals surface area contributed by atoms with Gasteiger partial charge in [0.25, 0.3) is 5.91 Å². The highest BCUT2D eigenvalue weighted by Gasteiger charge is 2.58. The van der Waals surface area contributed by atoms with Crippen LogP contribution in [-0.4, -0.2) is 52.3 Å². The zero-order valence-electron chi connectivity index (χ0n) is 20.0. The molecule has 2 aromatic carbocycles. The molecule has 2 atom stereocenters. The lowest BCUT2D eigenvalue weighted by molar-refractivity contribution is -0.187. The molecule has 2 aliphatic rings. The Balaban J connectivity index is 1.66. The maximum absolute atomic E-state index is 13.7. The molecule has 1 fully saturated rings. The van der Waals surface area contributed by atoms with Gasteiger partial charge in [0.15, 0.2) is 0 Å². The van der Waals surface area contributed by atoms with Gasteiger partial charge in [-0.25, -0.2) is 9.18 Å². The highest BCUT2D eigenvalue weighted by Crippen LogP contribution is 2.45. The summed E-state index contributed by atoms with van der Waals surface area (Å²) in [5.41, 5.74) is 0.284. The van der Waals surface area contributed by atoms with Gasteiger partial charge in [0.1, 0.15) is 23.9 Å². The minimum atomic E-state index is -4.77. The molecule has 196 valence electrons. The van der Waals surface area contributed by atoms with E-state index in [-0.39, 0.29) is 17.9 Å². The van der Waals surface area contributed by atoms with Crippen molar-refractivity contribution in [3.63, 3.8) is 0 Å². The minimum Gasteiger partial charge on any atom is -0.326 e. The van der Waals surface area contributed by atoms with E-state index in [1.165, 1.54) is 19.1 Å². The van der Waals surface area contributed by atoms with Gasteiger partial charge in [-0.15, -0.1) is 0 Å². The number of carbonyl (C=O) groups excluding carboxylic acids is 4. The molecule has 0 radical (unpaired) electrons. The van der Waals surface area contributed by atoms with Crippen LogP contribution in [-0.2, 0) is 32.9 Å². The van der Waals surface area contributed by atoms with Crippen LogP contribution in [0, 0.1) is 5.82 Å². The van der Waals surface area contributed by atoms with Crippen molar-refractivity contribution in [1.82, 2.24) is 15.1 Å². The summed E-state index contributed by atoms with van der Waals surface area (Å²) in [5.74, 6) is -2.58. The van der Waals surface area contributed by atoms with Gasteiger partial charge in [-0.05, 0) is 60.7 Å². The molecule has 1 spiro atoms. The number of carbonyl (C=O) groups is 4. The Morgan fingerprint density at radius 1 is 1.16 bits per heavy atom.